The lowest BCUT2D eigenvalue weighted by Crippen LogP contribution is -2.72. The molecule has 6 aromatic carbocycles. The SMILES string of the molecule is CC(C)Cc1cc2[n+](cc1[Si](C)(C)C)C1(c3cc(C(C)(C)C)ccc3-2)c2ccc3c(oc4ccccc43)c2-c2n(-c3ccccc3-c3ccccc3)c3ccccc3[n+]21. The van der Waals surface area contributed by atoms with Gasteiger partial charge in [-0.2, -0.15) is 4.57 Å². The minimum Gasteiger partial charge on any atom is -0.455 e. The van der Waals surface area contributed by atoms with Crippen LogP contribution in [0.4, 0.5) is 0 Å². The molecule has 0 saturated heterocycles. The van der Waals surface area contributed by atoms with Gasteiger partial charge < -0.3 is 4.42 Å². The first kappa shape index (κ1) is 36.1. The highest BCUT2D eigenvalue weighted by molar-refractivity contribution is 6.89. The summed E-state index contributed by atoms with van der Waals surface area (Å²) in [6.07, 6.45) is 3.65. The number of aromatic nitrogens is 3. The molecule has 0 saturated carbocycles. The maximum Gasteiger partial charge on any atom is 0.364 e. The fraction of sp³-hybridized carbons (Fsp3) is 0.222. The molecular formula is C54H51N3OSi+2. The molecule has 0 amide bonds. The van der Waals surface area contributed by atoms with Crippen LogP contribution in [-0.2, 0) is 17.5 Å². The zero-order valence-electron chi connectivity index (χ0n) is 35.4. The van der Waals surface area contributed by atoms with Crippen molar-refractivity contribution in [1.29, 1.82) is 0 Å². The quantitative estimate of drug-likeness (QED) is 0.126. The second-order valence-electron chi connectivity index (χ2n) is 19.3. The van der Waals surface area contributed by atoms with Crippen LogP contribution in [0.1, 0.15) is 56.9 Å². The number of imidazole rings is 1. The van der Waals surface area contributed by atoms with Crippen molar-refractivity contribution >= 4 is 46.2 Å². The smallest absolute Gasteiger partial charge is 0.364 e. The van der Waals surface area contributed by atoms with Crippen LogP contribution in [0, 0.1) is 5.92 Å². The van der Waals surface area contributed by atoms with Gasteiger partial charge in [0, 0.05) is 27.6 Å². The minimum atomic E-state index is -1.85. The summed E-state index contributed by atoms with van der Waals surface area (Å²) in [7, 11) is -1.85. The summed E-state index contributed by atoms with van der Waals surface area (Å²) >= 11 is 0. The van der Waals surface area contributed by atoms with E-state index in [2.05, 4.69) is 214 Å². The van der Waals surface area contributed by atoms with Crippen molar-refractivity contribution < 1.29 is 13.6 Å². The van der Waals surface area contributed by atoms with Gasteiger partial charge in [-0.3, -0.25) is 0 Å². The van der Waals surface area contributed by atoms with Crippen LogP contribution in [0.5, 0.6) is 0 Å². The third kappa shape index (κ3) is 5.01. The van der Waals surface area contributed by atoms with Crippen molar-refractivity contribution in [1.82, 2.24) is 4.57 Å². The van der Waals surface area contributed by atoms with Crippen LogP contribution in [0.15, 0.2) is 150 Å². The number of nitrogens with zero attached hydrogens (tertiary/aromatic N) is 3. The molecule has 290 valence electrons. The van der Waals surface area contributed by atoms with Crippen LogP contribution in [0.25, 0.3) is 72.4 Å². The predicted octanol–water partition coefficient (Wildman–Crippen LogP) is 12.1. The van der Waals surface area contributed by atoms with Gasteiger partial charge in [0.15, 0.2) is 22.8 Å². The third-order valence-electron chi connectivity index (χ3n) is 13.0. The Hall–Kier alpha value is -6.04. The molecule has 1 spiro atoms. The van der Waals surface area contributed by atoms with Crippen molar-refractivity contribution in [3.63, 3.8) is 0 Å². The highest BCUT2D eigenvalue weighted by atomic mass is 28.3. The highest BCUT2D eigenvalue weighted by Crippen LogP contribution is 2.53. The Morgan fingerprint density at radius 2 is 1.44 bits per heavy atom. The molecular weight excluding hydrogens is 735 g/mol. The van der Waals surface area contributed by atoms with Gasteiger partial charge in [-0.1, -0.05) is 139 Å². The number of benzene rings is 6. The zero-order chi connectivity index (χ0) is 40.6. The lowest BCUT2D eigenvalue weighted by atomic mass is 9.82. The molecule has 2 aliphatic rings. The third-order valence-corrected chi connectivity index (χ3v) is 15.0. The van der Waals surface area contributed by atoms with Gasteiger partial charge in [-0.25, -0.2) is 0 Å². The number of rotatable bonds is 5. The van der Waals surface area contributed by atoms with Gasteiger partial charge in [0.05, 0.1) is 24.8 Å². The normalized spacial score (nSPS) is 15.7. The molecule has 9 aromatic rings. The summed E-state index contributed by atoms with van der Waals surface area (Å²) in [5.74, 6) is 1.67. The molecule has 3 aromatic heterocycles. The molecule has 4 nitrogen and oxygen atoms in total. The second kappa shape index (κ2) is 12.5. The van der Waals surface area contributed by atoms with Gasteiger partial charge in [-0.15, -0.1) is 9.13 Å². The average Bonchev–Trinajstić information content (AvgIpc) is 3.93. The summed E-state index contributed by atoms with van der Waals surface area (Å²) in [5, 5.41) is 3.80. The van der Waals surface area contributed by atoms with E-state index in [1.165, 1.54) is 55.3 Å². The number of hydrogen-bond acceptors (Lipinski definition) is 1. The molecule has 0 N–H and O–H groups in total. The summed E-state index contributed by atoms with van der Waals surface area (Å²) in [5.41, 5.74) is 16.0. The van der Waals surface area contributed by atoms with Crippen molar-refractivity contribution in [2.75, 3.05) is 0 Å². The molecule has 5 heteroatoms. The first-order valence-corrected chi connectivity index (χ1v) is 24.8. The van der Waals surface area contributed by atoms with E-state index in [0.717, 1.165) is 51.0 Å². The van der Waals surface area contributed by atoms with Crippen molar-refractivity contribution in [3.05, 3.63) is 168 Å². The number of fused-ring (bicyclic) bond motifs is 16. The van der Waals surface area contributed by atoms with Crippen LogP contribution in [0.2, 0.25) is 19.6 Å². The van der Waals surface area contributed by atoms with Gasteiger partial charge in [0.2, 0.25) is 5.69 Å². The first-order valence-electron chi connectivity index (χ1n) is 21.3. The van der Waals surface area contributed by atoms with Crippen molar-refractivity contribution in [2.24, 2.45) is 5.92 Å². The van der Waals surface area contributed by atoms with E-state index in [4.69, 9.17) is 4.42 Å². The molecule has 1 atom stereocenters. The maximum atomic E-state index is 7.12. The Labute approximate surface area is 348 Å². The average molecular weight is 786 g/mol. The van der Waals surface area contributed by atoms with E-state index in [1.54, 1.807) is 0 Å². The molecule has 2 aliphatic heterocycles. The van der Waals surface area contributed by atoms with E-state index in [9.17, 15) is 0 Å². The lowest BCUT2D eigenvalue weighted by Gasteiger charge is -2.25. The molecule has 0 bridgehead atoms. The number of hydrogen-bond donors (Lipinski definition) is 0. The summed E-state index contributed by atoms with van der Waals surface area (Å²) in [6, 6.07) is 52.0. The summed E-state index contributed by atoms with van der Waals surface area (Å²) in [6.45, 7) is 19.3. The van der Waals surface area contributed by atoms with E-state index in [0.29, 0.717) is 5.92 Å². The Kier molecular flexibility index (Phi) is 7.63. The standard InChI is InChI=1S/C54H51N3OSi/c1-34(2)30-36-31-47-41-27-26-37(53(3,4)5)32-43(41)54(55(47)33-49(36)59(6,7)8)42-29-28-40-39-21-13-17-25-48(39)58-51(40)50(42)52-56(45-23-15-16-24-46(45)57(52)54)44-22-14-12-20-38(44)35-18-10-9-11-19-35/h9-29,31-34H,30H2,1-8H3/q+2. The fourth-order valence-corrected chi connectivity index (χ4v) is 12.1. The van der Waals surface area contributed by atoms with E-state index >= 15 is 0 Å². The lowest BCUT2D eigenvalue weighted by molar-refractivity contribution is -0.944. The topological polar surface area (TPSA) is 25.8 Å². The molecule has 0 aliphatic carbocycles. The van der Waals surface area contributed by atoms with Crippen molar-refractivity contribution in [3.8, 4) is 39.5 Å². The Morgan fingerprint density at radius 3 is 2.22 bits per heavy atom. The molecule has 1 unspecified atom stereocenters. The zero-order valence-corrected chi connectivity index (χ0v) is 36.4. The largest absolute Gasteiger partial charge is 0.455 e. The number of furan rings is 1. The summed E-state index contributed by atoms with van der Waals surface area (Å²) < 4.78 is 15.0. The maximum absolute atomic E-state index is 7.12. The van der Waals surface area contributed by atoms with Gasteiger partial charge in [-0.05, 0) is 83.0 Å². The Bertz CT molecular complexity index is 3190. The van der Waals surface area contributed by atoms with E-state index < -0.39 is 13.7 Å². The molecule has 11 rings (SSSR count). The fourth-order valence-electron chi connectivity index (χ4n) is 10.4. The highest BCUT2D eigenvalue weighted by Gasteiger charge is 2.67. The van der Waals surface area contributed by atoms with Crippen LogP contribution in [0.3, 0.4) is 0 Å². The number of para-hydroxylation sites is 4. The van der Waals surface area contributed by atoms with Crippen molar-refractivity contribution in [2.45, 2.75) is 71.8 Å². The van der Waals surface area contributed by atoms with Crippen LogP contribution < -0.4 is 14.3 Å². The number of pyridine rings is 1. The van der Waals surface area contributed by atoms with E-state index in [-0.39, 0.29) is 5.41 Å². The predicted molar refractivity (Wildman–Crippen MR) is 245 cm³/mol. The van der Waals surface area contributed by atoms with Crippen LogP contribution in [-0.4, -0.2) is 12.6 Å². The summed E-state index contributed by atoms with van der Waals surface area (Å²) in [4.78, 5) is 0. The van der Waals surface area contributed by atoms with Crippen LogP contribution >= 0.6 is 0 Å². The van der Waals surface area contributed by atoms with E-state index in [1.807, 2.05) is 0 Å². The molecule has 0 radical (unpaired) electrons. The monoisotopic (exact) mass is 785 g/mol. The molecule has 59 heavy (non-hydrogen) atoms. The Morgan fingerprint density at radius 1 is 0.712 bits per heavy atom. The molecule has 0 fully saturated rings. The van der Waals surface area contributed by atoms with Gasteiger partial charge >= 0.3 is 11.5 Å². The second-order valence-corrected chi connectivity index (χ2v) is 24.4. The first-order chi connectivity index (χ1) is 28.4. The molecule has 5 heterocycles. The van der Waals surface area contributed by atoms with Gasteiger partial charge in [0.1, 0.15) is 16.8 Å². The Balaban J connectivity index is 1.39. The van der Waals surface area contributed by atoms with Gasteiger partial charge in [0.25, 0.3) is 0 Å². The minimum absolute atomic E-state index is 0.0534.